The van der Waals surface area contributed by atoms with Gasteiger partial charge in [0, 0.05) is 24.3 Å². The molecule has 114 valence electrons. The monoisotopic (exact) mass is 287 g/mol. The van der Waals surface area contributed by atoms with Gasteiger partial charge in [-0.05, 0) is 45.7 Å². The van der Waals surface area contributed by atoms with E-state index in [1.165, 1.54) is 0 Å². The molecule has 0 bridgehead atoms. The minimum Gasteiger partial charge on any atom is -0.339 e. The number of amides is 1. The number of carbonyl (C=O) groups excluding carboxylic acids is 1. The first-order valence-electron chi connectivity index (χ1n) is 7.79. The lowest BCUT2D eigenvalue weighted by molar-refractivity contribution is -0.125. The first kappa shape index (κ1) is 14.4. The van der Waals surface area contributed by atoms with E-state index >= 15 is 0 Å². The first-order valence-corrected chi connectivity index (χ1v) is 7.79. The summed E-state index contributed by atoms with van der Waals surface area (Å²) < 4.78 is 0. The maximum Gasteiger partial charge on any atom is 0.247 e. The Balaban J connectivity index is 1.84. The van der Waals surface area contributed by atoms with Crippen molar-refractivity contribution in [3.8, 4) is 0 Å². The third kappa shape index (κ3) is 2.42. The number of hydrogen-bond donors (Lipinski definition) is 1. The van der Waals surface area contributed by atoms with E-state index < -0.39 is 0 Å². The fourth-order valence-corrected chi connectivity index (χ4v) is 3.58. The highest BCUT2D eigenvalue weighted by molar-refractivity contribution is 5.93. The van der Waals surface area contributed by atoms with Crippen molar-refractivity contribution in [3.63, 3.8) is 0 Å². The second-order valence-electron chi connectivity index (χ2n) is 7.12. The van der Waals surface area contributed by atoms with Gasteiger partial charge in [-0.15, -0.1) is 0 Å². The molecule has 2 aliphatic heterocycles. The summed E-state index contributed by atoms with van der Waals surface area (Å²) in [6.45, 7) is 9.30. The van der Waals surface area contributed by atoms with Crippen molar-refractivity contribution >= 4 is 11.6 Å². The highest BCUT2D eigenvalue weighted by atomic mass is 16.2. The quantitative estimate of drug-likeness (QED) is 0.860. The molecule has 0 aromatic heterocycles. The number of hydrogen-bond acceptors (Lipinski definition) is 3. The second kappa shape index (κ2) is 5.02. The van der Waals surface area contributed by atoms with Gasteiger partial charge in [-0.1, -0.05) is 18.2 Å². The zero-order valence-electron chi connectivity index (χ0n) is 13.2. The zero-order chi connectivity index (χ0) is 15.1. The highest BCUT2D eigenvalue weighted by Crippen LogP contribution is 2.37. The van der Waals surface area contributed by atoms with E-state index in [2.05, 4.69) is 48.0 Å². The van der Waals surface area contributed by atoms with Crippen LogP contribution in [0.15, 0.2) is 30.3 Å². The third-order valence-corrected chi connectivity index (χ3v) is 4.94. The van der Waals surface area contributed by atoms with Crippen LogP contribution in [0.5, 0.6) is 0 Å². The molecule has 0 aliphatic carbocycles. The smallest absolute Gasteiger partial charge is 0.247 e. The molecule has 1 amide bonds. The number of piperidine rings is 1. The van der Waals surface area contributed by atoms with Gasteiger partial charge in [0.05, 0.1) is 6.67 Å². The Morgan fingerprint density at radius 1 is 1.10 bits per heavy atom. The summed E-state index contributed by atoms with van der Waals surface area (Å²) in [7, 11) is 0. The average Bonchev–Trinajstić information content (AvgIpc) is 2.77. The standard InChI is InChI=1S/C17H25N3O/c1-16(2,3)19-11-9-17(10-12-19)15(21)18-13-20(17)14-7-5-4-6-8-14/h4-8H,9-13H2,1-3H3,(H,18,21). The Morgan fingerprint density at radius 3 is 2.29 bits per heavy atom. The number of nitrogens with zero attached hydrogens (tertiary/aromatic N) is 2. The summed E-state index contributed by atoms with van der Waals surface area (Å²) in [6.07, 6.45) is 1.79. The molecule has 4 nitrogen and oxygen atoms in total. The molecule has 4 heteroatoms. The molecule has 2 saturated heterocycles. The van der Waals surface area contributed by atoms with E-state index in [-0.39, 0.29) is 17.0 Å². The van der Waals surface area contributed by atoms with E-state index in [4.69, 9.17) is 0 Å². The molecule has 2 aliphatic rings. The summed E-state index contributed by atoms with van der Waals surface area (Å²) >= 11 is 0. The minimum absolute atomic E-state index is 0.175. The zero-order valence-corrected chi connectivity index (χ0v) is 13.2. The third-order valence-electron chi connectivity index (χ3n) is 4.94. The van der Waals surface area contributed by atoms with Crippen molar-refractivity contribution in [2.45, 2.75) is 44.7 Å². The van der Waals surface area contributed by atoms with E-state index in [0.717, 1.165) is 31.6 Å². The Bertz CT molecular complexity index is 513. The maximum atomic E-state index is 12.5. The molecule has 3 rings (SSSR count). The number of para-hydroxylation sites is 1. The Hall–Kier alpha value is -1.55. The molecule has 0 unspecified atom stereocenters. The van der Waals surface area contributed by atoms with Crippen molar-refractivity contribution < 1.29 is 4.79 Å². The van der Waals surface area contributed by atoms with Crippen LogP contribution in [0.1, 0.15) is 33.6 Å². The van der Waals surface area contributed by atoms with Gasteiger partial charge < -0.3 is 10.2 Å². The largest absolute Gasteiger partial charge is 0.339 e. The Morgan fingerprint density at radius 2 is 1.71 bits per heavy atom. The normalized spacial score (nSPS) is 22.6. The Labute approximate surface area is 127 Å². The number of anilines is 1. The van der Waals surface area contributed by atoms with Crippen LogP contribution in [0.25, 0.3) is 0 Å². The molecule has 1 spiro atoms. The van der Waals surface area contributed by atoms with Gasteiger partial charge in [0.1, 0.15) is 5.54 Å². The predicted octanol–water partition coefficient (Wildman–Crippen LogP) is 2.21. The van der Waals surface area contributed by atoms with Crippen LogP contribution in [-0.4, -0.2) is 41.6 Å². The van der Waals surface area contributed by atoms with Crippen LogP contribution in [0.4, 0.5) is 5.69 Å². The van der Waals surface area contributed by atoms with Gasteiger partial charge in [0.2, 0.25) is 5.91 Å². The van der Waals surface area contributed by atoms with Crippen molar-refractivity contribution in [1.29, 1.82) is 0 Å². The first-order chi connectivity index (χ1) is 9.93. The van der Waals surface area contributed by atoms with Crippen molar-refractivity contribution in [2.75, 3.05) is 24.7 Å². The second-order valence-corrected chi connectivity index (χ2v) is 7.12. The van der Waals surface area contributed by atoms with Crippen LogP contribution >= 0.6 is 0 Å². The average molecular weight is 287 g/mol. The number of rotatable bonds is 1. The molecular weight excluding hydrogens is 262 g/mol. The van der Waals surface area contributed by atoms with Crippen LogP contribution in [0.2, 0.25) is 0 Å². The van der Waals surface area contributed by atoms with Gasteiger partial charge in [0.25, 0.3) is 0 Å². The van der Waals surface area contributed by atoms with Crippen LogP contribution in [0, 0.1) is 0 Å². The molecule has 0 atom stereocenters. The lowest BCUT2D eigenvalue weighted by Gasteiger charge is -2.47. The molecule has 0 radical (unpaired) electrons. The van der Waals surface area contributed by atoms with Crippen LogP contribution < -0.4 is 10.2 Å². The van der Waals surface area contributed by atoms with Gasteiger partial charge in [-0.3, -0.25) is 9.69 Å². The molecule has 2 fully saturated rings. The van der Waals surface area contributed by atoms with Crippen LogP contribution in [-0.2, 0) is 4.79 Å². The lowest BCUT2D eigenvalue weighted by atomic mass is 9.84. The summed E-state index contributed by atoms with van der Waals surface area (Å²) in [5.74, 6) is 0.194. The number of benzene rings is 1. The van der Waals surface area contributed by atoms with Gasteiger partial charge in [-0.25, -0.2) is 0 Å². The maximum absolute atomic E-state index is 12.5. The fourth-order valence-electron chi connectivity index (χ4n) is 3.58. The molecule has 1 aromatic rings. The summed E-state index contributed by atoms with van der Waals surface area (Å²) in [5.41, 5.74) is 0.956. The number of carbonyl (C=O) groups is 1. The van der Waals surface area contributed by atoms with Crippen molar-refractivity contribution in [2.24, 2.45) is 0 Å². The van der Waals surface area contributed by atoms with Crippen LogP contribution in [0.3, 0.4) is 0 Å². The predicted molar refractivity (Wildman–Crippen MR) is 85.2 cm³/mol. The molecule has 21 heavy (non-hydrogen) atoms. The van der Waals surface area contributed by atoms with E-state index in [0.29, 0.717) is 6.67 Å². The SMILES string of the molecule is CC(C)(C)N1CCC2(CC1)C(=O)NCN2c1ccccc1. The molecule has 0 saturated carbocycles. The summed E-state index contributed by atoms with van der Waals surface area (Å²) in [6, 6.07) is 10.3. The lowest BCUT2D eigenvalue weighted by Crippen LogP contribution is -2.59. The van der Waals surface area contributed by atoms with Crippen molar-refractivity contribution in [3.05, 3.63) is 30.3 Å². The molecule has 2 heterocycles. The molecule has 1 aromatic carbocycles. The fraction of sp³-hybridized carbons (Fsp3) is 0.588. The summed E-state index contributed by atoms with van der Waals surface area (Å²) in [4.78, 5) is 17.3. The minimum atomic E-state index is -0.358. The van der Waals surface area contributed by atoms with Crippen molar-refractivity contribution in [1.82, 2.24) is 10.2 Å². The van der Waals surface area contributed by atoms with E-state index in [1.54, 1.807) is 0 Å². The van der Waals surface area contributed by atoms with Gasteiger partial charge >= 0.3 is 0 Å². The van der Waals surface area contributed by atoms with Gasteiger partial charge in [0.15, 0.2) is 0 Å². The highest BCUT2D eigenvalue weighted by Gasteiger charge is 2.51. The van der Waals surface area contributed by atoms with Gasteiger partial charge in [-0.2, -0.15) is 0 Å². The topological polar surface area (TPSA) is 35.6 Å². The number of nitrogens with one attached hydrogen (secondary N) is 1. The molecule has 1 N–H and O–H groups in total. The Kier molecular flexibility index (Phi) is 3.44. The number of likely N-dealkylation sites (tertiary alicyclic amines) is 1. The molecular formula is C17H25N3O. The van der Waals surface area contributed by atoms with E-state index in [1.807, 2.05) is 18.2 Å². The van der Waals surface area contributed by atoms with E-state index in [9.17, 15) is 4.79 Å². The summed E-state index contributed by atoms with van der Waals surface area (Å²) in [5, 5.41) is 3.05.